The quantitative estimate of drug-likeness (QED) is 0.437. The lowest BCUT2D eigenvalue weighted by atomic mass is 10.2. The highest BCUT2D eigenvalue weighted by Crippen LogP contribution is 2.27. The first-order valence-corrected chi connectivity index (χ1v) is 8.80. The fourth-order valence-electron chi connectivity index (χ4n) is 2.68. The summed E-state index contributed by atoms with van der Waals surface area (Å²) in [5.41, 5.74) is 1.50. The zero-order chi connectivity index (χ0) is 20.1. The topological polar surface area (TPSA) is 118 Å². The van der Waals surface area contributed by atoms with Gasteiger partial charge in [-0.1, -0.05) is 29.4 Å². The van der Waals surface area contributed by atoms with E-state index in [1.807, 2.05) is 31.2 Å². The van der Waals surface area contributed by atoms with E-state index >= 15 is 0 Å². The molecule has 4 rings (SSSR count). The van der Waals surface area contributed by atoms with Crippen molar-refractivity contribution in [2.75, 3.05) is 6.61 Å². The first kappa shape index (κ1) is 18.3. The molecule has 0 saturated carbocycles. The van der Waals surface area contributed by atoms with Crippen LogP contribution in [-0.4, -0.2) is 42.9 Å². The Bertz CT molecular complexity index is 1110. The second kappa shape index (κ2) is 8.30. The molecular weight excluding hydrogens is 376 g/mol. The monoisotopic (exact) mass is 392 g/mol. The maximum atomic E-state index is 12.5. The number of para-hydroxylation sites is 2. The Morgan fingerprint density at radius 1 is 1.14 bits per heavy atom. The second-order valence-corrected chi connectivity index (χ2v) is 5.79. The van der Waals surface area contributed by atoms with Crippen molar-refractivity contribution < 1.29 is 18.8 Å². The van der Waals surface area contributed by atoms with Crippen molar-refractivity contribution in [2.24, 2.45) is 0 Å². The van der Waals surface area contributed by atoms with Crippen LogP contribution >= 0.6 is 0 Å². The van der Waals surface area contributed by atoms with Crippen LogP contribution in [0, 0.1) is 0 Å². The van der Waals surface area contributed by atoms with Crippen LogP contribution < -0.4 is 4.74 Å². The van der Waals surface area contributed by atoms with Crippen molar-refractivity contribution >= 4 is 5.97 Å². The van der Waals surface area contributed by atoms with E-state index in [0.717, 1.165) is 0 Å². The number of carbonyl (C=O) groups is 1. The van der Waals surface area contributed by atoms with Gasteiger partial charge >= 0.3 is 5.97 Å². The summed E-state index contributed by atoms with van der Waals surface area (Å²) in [4.78, 5) is 16.8. The molecule has 2 heterocycles. The third-order valence-electron chi connectivity index (χ3n) is 3.94. The van der Waals surface area contributed by atoms with Gasteiger partial charge in [-0.25, -0.2) is 4.79 Å². The van der Waals surface area contributed by atoms with Crippen LogP contribution in [0.25, 0.3) is 17.1 Å². The van der Waals surface area contributed by atoms with Crippen LogP contribution in [0.1, 0.15) is 23.2 Å². The summed E-state index contributed by atoms with van der Waals surface area (Å²) in [6.45, 7) is 2.23. The number of tetrazole rings is 1. The number of hydrogen-bond acceptors (Lipinski definition) is 9. The first-order chi connectivity index (χ1) is 14.3. The van der Waals surface area contributed by atoms with Gasteiger partial charge in [0.15, 0.2) is 6.61 Å². The lowest BCUT2D eigenvalue weighted by Crippen LogP contribution is -2.10. The number of esters is 1. The predicted molar refractivity (Wildman–Crippen MR) is 99.2 cm³/mol. The van der Waals surface area contributed by atoms with Gasteiger partial charge in [0.1, 0.15) is 12.1 Å². The summed E-state index contributed by atoms with van der Waals surface area (Å²) < 4.78 is 17.5. The summed E-state index contributed by atoms with van der Waals surface area (Å²) in [7, 11) is 0. The molecule has 0 aliphatic carbocycles. The molecule has 4 aromatic rings. The van der Waals surface area contributed by atoms with Crippen LogP contribution in [0.4, 0.5) is 0 Å². The lowest BCUT2D eigenvalue weighted by molar-refractivity contribution is 0.0429. The Hall–Kier alpha value is -4.08. The number of ether oxygens (including phenoxy) is 2. The maximum absolute atomic E-state index is 12.5. The minimum atomic E-state index is -0.564. The van der Waals surface area contributed by atoms with Crippen LogP contribution in [0.3, 0.4) is 0 Å². The van der Waals surface area contributed by atoms with Crippen molar-refractivity contribution in [1.29, 1.82) is 0 Å². The largest absolute Gasteiger partial charge is 0.493 e. The Morgan fingerprint density at radius 3 is 2.79 bits per heavy atom. The average molecular weight is 392 g/mol. The van der Waals surface area contributed by atoms with Crippen molar-refractivity contribution in [3.63, 3.8) is 0 Å². The van der Waals surface area contributed by atoms with Crippen molar-refractivity contribution in [3.05, 3.63) is 66.3 Å². The zero-order valence-electron chi connectivity index (χ0n) is 15.4. The number of nitrogens with zero attached hydrogens (tertiary/aromatic N) is 6. The summed E-state index contributed by atoms with van der Waals surface area (Å²) in [5.74, 6) is 0.606. The van der Waals surface area contributed by atoms with E-state index in [2.05, 4.69) is 25.7 Å². The smallest absolute Gasteiger partial charge is 0.340 e. The molecule has 10 heteroatoms. The number of benzene rings is 2. The Kier molecular flexibility index (Phi) is 5.23. The van der Waals surface area contributed by atoms with Crippen molar-refractivity contribution in [1.82, 2.24) is 30.3 Å². The van der Waals surface area contributed by atoms with Gasteiger partial charge in [-0.15, -0.1) is 5.10 Å². The van der Waals surface area contributed by atoms with Crippen LogP contribution in [-0.2, 0) is 11.3 Å². The standard InChI is InChI=1S/C19H16N6O4/c1-2-27-16-10-6-4-8-14(16)18-21-17(29-22-18)11-28-19(26)13-7-3-5-9-15(13)25-12-20-23-24-25/h3-10,12H,2,11H2,1H3. The van der Waals surface area contributed by atoms with Gasteiger partial charge in [-0.3, -0.25) is 0 Å². The van der Waals surface area contributed by atoms with Gasteiger partial charge in [0.2, 0.25) is 5.82 Å². The molecule has 29 heavy (non-hydrogen) atoms. The fourth-order valence-corrected chi connectivity index (χ4v) is 2.68. The molecule has 2 aromatic carbocycles. The molecule has 0 spiro atoms. The van der Waals surface area contributed by atoms with Gasteiger partial charge < -0.3 is 14.0 Å². The number of hydrogen-bond donors (Lipinski definition) is 0. The summed E-state index contributed by atoms with van der Waals surface area (Å²) >= 11 is 0. The van der Waals surface area contributed by atoms with Gasteiger partial charge in [0.25, 0.3) is 5.89 Å². The van der Waals surface area contributed by atoms with E-state index < -0.39 is 5.97 Å². The summed E-state index contributed by atoms with van der Waals surface area (Å²) in [6.07, 6.45) is 1.40. The van der Waals surface area contributed by atoms with E-state index in [1.165, 1.54) is 11.0 Å². The summed E-state index contributed by atoms with van der Waals surface area (Å²) in [6, 6.07) is 14.2. The molecule has 0 N–H and O–H groups in total. The molecule has 0 amide bonds. The van der Waals surface area contributed by atoms with Crippen molar-refractivity contribution in [3.8, 4) is 22.8 Å². The molecular formula is C19H16N6O4. The van der Waals surface area contributed by atoms with Gasteiger partial charge in [-0.05, 0) is 41.6 Å². The number of rotatable bonds is 7. The predicted octanol–water partition coefficient (Wildman–Crippen LogP) is 2.47. The van der Waals surface area contributed by atoms with E-state index in [4.69, 9.17) is 14.0 Å². The molecule has 0 saturated heterocycles. The zero-order valence-corrected chi connectivity index (χ0v) is 15.4. The molecule has 0 aliphatic heterocycles. The molecule has 0 aliphatic rings. The molecule has 0 unspecified atom stereocenters. The fraction of sp³-hybridized carbons (Fsp3) is 0.158. The molecule has 0 atom stereocenters. The first-order valence-electron chi connectivity index (χ1n) is 8.80. The van der Waals surface area contributed by atoms with Gasteiger partial charge in [-0.2, -0.15) is 9.67 Å². The van der Waals surface area contributed by atoms with E-state index in [1.54, 1.807) is 24.3 Å². The third kappa shape index (κ3) is 3.95. The van der Waals surface area contributed by atoms with Crippen LogP contribution in [0.2, 0.25) is 0 Å². The summed E-state index contributed by atoms with van der Waals surface area (Å²) in [5, 5.41) is 14.9. The molecule has 10 nitrogen and oxygen atoms in total. The van der Waals surface area contributed by atoms with E-state index in [0.29, 0.717) is 35.0 Å². The SMILES string of the molecule is CCOc1ccccc1-c1noc(COC(=O)c2ccccc2-n2cnnn2)n1. The molecule has 0 radical (unpaired) electrons. The highest BCUT2D eigenvalue weighted by atomic mass is 16.6. The highest BCUT2D eigenvalue weighted by molar-refractivity contribution is 5.93. The molecule has 146 valence electrons. The lowest BCUT2D eigenvalue weighted by Gasteiger charge is -2.07. The minimum absolute atomic E-state index is 0.166. The average Bonchev–Trinajstić information content (AvgIpc) is 3.45. The Morgan fingerprint density at radius 2 is 1.97 bits per heavy atom. The van der Waals surface area contributed by atoms with Crippen molar-refractivity contribution in [2.45, 2.75) is 13.5 Å². The highest BCUT2D eigenvalue weighted by Gasteiger charge is 2.18. The third-order valence-corrected chi connectivity index (χ3v) is 3.94. The number of aromatic nitrogens is 6. The van der Waals surface area contributed by atoms with Gasteiger partial charge in [0, 0.05) is 0 Å². The molecule has 0 bridgehead atoms. The van der Waals surface area contributed by atoms with Gasteiger partial charge in [0.05, 0.1) is 23.4 Å². The molecule has 2 aromatic heterocycles. The van der Waals surface area contributed by atoms with E-state index in [9.17, 15) is 4.79 Å². The minimum Gasteiger partial charge on any atom is -0.493 e. The second-order valence-electron chi connectivity index (χ2n) is 5.79. The Balaban J connectivity index is 1.48. The number of carbonyl (C=O) groups excluding carboxylic acids is 1. The maximum Gasteiger partial charge on any atom is 0.340 e. The molecule has 0 fully saturated rings. The van der Waals surface area contributed by atoms with Crippen LogP contribution in [0.5, 0.6) is 5.75 Å². The van der Waals surface area contributed by atoms with E-state index in [-0.39, 0.29) is 12.5 Å². The Labute approximate surface area is 165 Å². The van der Waals surface area contributed by atoms with Crippen LogP contribution in [0.15, 0.2) is 59.4 Å². The normalized spacial score (nSPS) is 10.7.